The predicted octanol–water partition coefficient (Wildman–Crippen LogP) is 1.96. The molecule has 1 rings (SSSR count). The van der Waals surface area contributed by atoms with Gasteiger partial charge in [-0.15, -0.1) is 0 Å². The van der Waals surface area contributed by atoms with E-state index in [1.807, 2.05) is 6.92 Å². The first kappa shape index (κ1) is 13.6. The Morgan fingerprint density at radius 1 is 1.47 bits per heavy atom. The van der Waals surface area contributed by atoms with Crippen LogP contribution in [0, 0.1) is 6.92 Å². The van der Waals surface area contributed by atoms with Gasteiger partial charge in [0, 0.05) is 12.7 Å². The van der Waals surface area contributed by atoms with E-state index in [2.05, 4.69) is 15.0 Å². The lowest BCUT2D eigenvalue weighted by molar-refractivity contribution is -0.172. The molecule has 4 nitrogen and oxygen atoms in total. The van der Waals surface area contributed by atoms with Gasteiger partial charge >= 0.3 is 6.18 Å². The molecule has 0 amide bonds. The van der Waals surface area contributed by atoms with E-state index in [9.17, 15) is 13.2 Å². The molecule has 0 saturated heterocycles. The second-order valence-electron chi connectivity index (χ2n) is 3.48. The summed E-state index contributed by atoms with van der Waals surface area (Å²) in [5.74, 6) is 0.459. The highest BCUT2D eigenvalue weighted by molar-refractivity contribution is 5.64. The summed E-state index contributed by atoms with van der Waals surface area (Å²) < 4.78 is 39.7. The molecule has 3 N–H and O–H groups in total. The fourth-order valence-electron chi connectivity index (χ4n) is 1.14. The number of pyridine rings is 1. The Kier molecular flexibility index (Phi) is 4.56. The van der Waals surface area contributed by atoms with Gasteiger partial charge in [-0.2, -0.15) is 13.2 Å². The van der Waals surface area contributed by atoms with Crippen molar-refractivity contribution in [1.29, 1.82) is 0 Å². The molecule has 0 spiro atoms. The normalized spacial score (nSPS) is 11.5. The highest BCUT2D eigenvalue weighted by atomic mass is 19.4. The van der Waals surface area contributed by atoms with E-state index in [-0.39, 0.29) is 13.2 Å². The van der Waals surface area contributed by atoms with Crippen molar-refractivity contribution < 1.29 is 17.9 Å². The molecular weight excluding hydrogens is 235 g/mol. The molecular formula is C10H14F3N3O. The Bertz CT molecular complexity index is 368. The van der Waals surface area contributed by atoms with E-state index in [1.54, 1.807) is 12.3 Å². The molecule has 0 radical (unpaired) electrons. The number of ether oxygens (including phenoxy) is 1. The minimum Gasteiger partial charge on any atom is -0.396 e. The fourth-order valence-corrected chi connectivity index (χ4v) is 1.14. The molecule has 0 saturated carbocycles. The number of rotatable bonds is 5. The smallest absolute Gasteiger partial charge is 0.396 e. The van der Waals surface area contributed by atoms with Gasteiger partial charge in [-0.05, 0) is 18.6 Å². The zero-order chi connectivity index (χ0) is 12.9. The number of hydrogen-bond donors (Lipinski definition) is 2. The summed E-state index contributed by atoms with van der Waals surface area (Å²) in [7, 11) is 0. The van der Waals surface area contributed by atoms with Gasteiger partial charge in [0.05, 0.1) is 12.3 Å². The number of nitrogens with two attached hydrogens (primary N) is 1. The first-order valence-corrected chi connectivity index (χ1v) is 4.99. The van der Waals surface area contributed by atoms with E-state index in [4.69, 9.17) is 5.73 Å². The lowest BCUT2D eigenvalue weighted by atomic mass is 10.2. The molecule has 0 aliphatic heterocycles. The maximum absolute atomic E-state index is 11.7. The summed E-state index contributed by atoms with van der Waals surface area (Å²) >= 11 is 0. The number of aryl methyl sites for hydroxylation is 1. The monoisotopic (exact) mass is 249 g/mol. The summed E-state index contributed by atoms with van der Waals surface area (Å²) in [6, 6.07) is 1.75. The van der Waals surface area contributed by atoms with Crippen LogP contribution in [0.2, 0.25) is 0 Å². The van der Waals surface area contributed by atoms with Crippen molar-refractivity contribution >= 4 is 11.5 Å². The van der Waals surface area contributed by atoms with Crippen molar-refractivity contribution in [2.75, 3.05) is 30.8 Å². The number of alkyl halides is 3. The van der Waals surface area contributed by atoms with Crippen molar-refractivity contribution in [2.45, 2.75) is 13.1 Å². The molecule has 0 atom stereocenters. The van der Waals surface area contributed by atoms with Crippen molar-refractivity contribution in [3.63, 3.8) is 0 Å². The first-order chi connectivity index (χ1) is 7.90. The summed E-state index contributed by atoms with van der Waals surface area (Å²) in [5.41, 5.74) is 7.07. The molecule has 7 heteroatoms. The van der Waals surface area contributed by atoms with Gasteiger partial charge in [-0.3, -0.25) is 0 Å². The van der Waals surface area contributed by atoms with E-state index < -0.39 is 12.8 Å². The van der Waals surface area contributed by atoms with Crippen LogP contribution in [0.25, 0.3) is 0 Å². The molecule has 17 heavy (non-hydrogen) atoms. The second-order valence-corrected chi connectivity index (χ2v) is 3.48. The predicted molar refractivity (Wildman–Crippen MR) is 58.8 cm³/mol. The van der Waals surface area contributed by atoms with Crippen molar-refractivity contribution in [2.24, 2.45) is 0 Å². The van der Waals surface area contributed by atoms with Crippen molar-refractivity contribution in [3.8, 4) is 0 Å². The lowest BCUT2D eigenvalue weighted by Crippen LogP contribution is -2.20. The Labute approximate surface area is 97.0 Å². The topological polar surface area (TPSA) is 60.2 Å². The number of nitrogen functional groups attached to an aromatic ring is 1. The van der Waals surface area contributed by atoms with Crippen LogP contribution in [0.5, 0.6) is 0 Å². The van der Waals surface area contributed by atoms with Gasteiger partial charge < -0.3 is 15.8 Å². The van der Waals surface area contributed by atoms with Crippen molar-refractivity contribution in [1.82, 2.24) is 4.98 Å². The summed E-state index contributed by atoms with van der Waals surface area (Å²) in [6.45, 7) is 0.735. The van der Waals surface area contributed by atoms with E-state index in [0.717, 1.165) is 5.56 Å². The molecule has 0 unspecified atom stereocenters. The van der Waals surface area contributed by atoms with Crippen LogP contribution < -0.4 is 11.1 Å². The third kappa shape index (κ3) is 4.90. The Balaban J connectivity index is 2.29. The SMILES string of the molecule is Cc1ccnc(NCCOCC(F)(F)F)c1N. The molecule has 1 aromatic rings. The van der Waals surface area contributed by atoms with Crippen LogP contribution in [0.4, 0.5) is 24.7 Å². The van der Waals surface area contributed by atoms with Crippen molar-refractivity contribution in [3.05, 3.63) is 17.8 Å². The number of nitrogens with zero attached hydrogens (tertiary/aromatic N) is 1. The number of nitrogens with one attached hydrogen (secondary N) is 1. The quantitative estimate of drug-likeness (QED) is 0.783. The minimum absolute atomic E-state index is 0.0609. The Morgan fingerprint density at radius 2 is 2.18 bits per heavy atom. The van der Waals surface area contributed by atoms with Crippen LogP contribution in [-0.4, -0.2) is 30.9 Å². The van der Waals surface area contributed by atoms with E-state index >= 15 is 0 Å². The first-order valence-electron chi connectivity index (χ1n) is 4.99. The van der Waals surface area contributed by atoms with Crippen LogP contribution >= 0.6 is 0 Å². The van der Waals surface area contributed by atoms with E-state index in [1.165, 1.54) is 0 Å². The largest absolute Gasteiger partial charge is 0.411 e. The molecule has 0 aliphatic rings. The fraction of sp³-hybridized carbons (Fsp3) is 0.500. The molecule has 0 fully saturated rings. The zero-order valence-corrected chi connectivity index (χ0v) is 9.34. The van der Waals surface area contributed by atoms with Gasteiger partial charge in [-0.25, -0.2) is 4.98 Å². The highest BCUT2D eigenvalue weighted by Gasteiger charge is 2.27. The summed E-state index contributed by atoms with van der Waals surface area (Å²) in [6.07, 6.45) is -2.72. The maximum Gasteiger partial charge on any atom is 0.411 e. The third-order valence-electron chi connectivity index (χ3n) is 2.01. The molecule has 1 heterocycles. The number of aromatic nitrogens is 1. The zero-order valence-electron chi connectivity index (χ0n) is 9.34. The summed E-state index contributed by atoms with van der Waals surface area (Å²) in [5, 5.41) is 2.81. The van der Waals surface area contributed by atoms with Crippen LogP contribution in [0.3, 0.4) is 0 Å². The average Bonchev–Trinajstić information content (AvgIpc) is 2.22. The van der Waals surface area contributed by atoms with Gasteiger partial charge in [0.2, 0.25) is 0 Å². The number of hydrogen-bond acceptors (Lipinski definition) is 4. The Hall–Kier alpha value is -1.50. The second kappa shape index (κ2) is 5.72. The van der Waals surface area contributed by atoms with Gasteiger partial charge in [0.1, 0.15) is 12.4 Å². The average molecular weight is 249 g/mol. The molecule has 0 bridgehead atoms. The van der Waals surface area contributed by atoms with Gasteiger partial charge in [-0.1, -0.05) is 0 Å². The standard InChI is InChI=1S/C10H14F3N3O/c1-7-2-3-15-9(8(7)14)16-4-5-17-6-10(11,12)13/h2-3H,4-6,14H2,1H3,(H,15,16). The lowest BCUT2D eigenvalue weighted by Gasteiger charge is -2.11. The van der Waals surface area contributed by atoms with Crippen LogP contribution in [0.15, 0.2) is 12.3 Å². The Morgan fingerprint density at radius 3 is 2.82 bits per heavy atom. The molecule has 0 aromatic carbocycles. The van der Waals surface area contributed by atoms with Crippen LogP contribution in [0.1, 0.15) is 5.56 Å². The van der Waals surface area contributed by atoms with Gasteiger partial charge in [0.15, 0.2) is 0 Å². The molecule has 96 valence electrons. The van der Waals surface area contributed by atoms with Gasteiger partial charge in [0.25, 0.3) is 0 Å². The third-order valence-corrected chi connectivity index (χ3v) is 2.01. The number of halogens is 3. The molecule has 1 aromatic heterocycles. The van der Waals surface area contributed by atoms with Crippen LogP contribution in [-0.2, 0) is 4.74 Å². The number of anilines is 2. The molecule has 0 aliphatic carbocycles. The maximum atomic E-state index is 11.7. The minimum atomic E-state index is -4.29. The summed E-state index contributed by atoms with van der Waals surface area (Å²) in [4.78, 5) is 3.97. The highest BCUT2D eigenvalue weighted by Crippen LogP contribution is 2.18. The van der Waals surface area contributed by atoms with E-state index in [0.29, 0.717) is 11.5 Å².